The van der Waals surface area contributed by atoms with E-state index in [2.05, 4.69) is 47.4 Å². The quantitative estimate of drug-likeness (QED) is 0.249. The molecule has 0 saturated carbocycles. The second-order valence-electron chi connectivity index (χ2n) is 7.92. The van der Waals surface area contributed by atoms with Crippen LogP contribution in [0.1, 0.15) is 16.7 Å². The predicted molar refractivity (Wildman–Crippen MR) is 131 cm³/mol. The molecule has 0 heterocycles. The first-order valence-electron chi connectivity index (χ1n) is 10.7. The van der Waals surface area contributed by atoms with E-state index >= 15 is 0 Å². The Morgan fingerprint density at radius 2 is 1.36 bits per heavy atom. The lowest BCUT2D eigenvalue weighted by Gasteiger charge is -2.26. The van der Waals surface area contributed by atoms with Crippen molar-refractivity contribution < 1.29 is 9.90 Å². The zero-order valence-corrected chi connectivity index (χ0v) is 17.8. The summed E-state index contributed by atoms with van der Waals surface area (Å²) in [6.07, 6.45) is 2.18. The van der Waals surface area contributed by atoms with Crippen molar-refractivity contribution >= 4 is 29.1 Å². The van der Waals surface area contributed by atoms with Crippen molar-refractivity contribution in [2.24, 2.45) is 0 Å². The van der Waals surface area contributed by atoms with Crippen molar-refractivity contribution in [2.45, 2.75) is 6.42 Å². The Bertz CT molecular complexity index is 1380. The zero-order valence-electron chi connectivity index (χ0n) is 17.8. The van der Waals surface area contributed by atoms with Gasteiger partial charge in [-0.05, 0) is 76.7 Å². The molecule has 0 atom stereocenters. The number of carboxylic acids is 1. The highest BCUT2D eigenvalue weighted by Gasteiger charge is 2.21. The number of carbonyl (C=O) groups is 1. The first kappa shape index (κ1) is 20.3. The lowest BCUT2D eigenvalue weighted by molar-refractivity contribution is -0.132. The highest BCUT2D eigenvalue weighted by Crippen LogP contribution is 2.42. The van der Waals surface area contributed by atoms with Crippen LogP contribution in [0.15, 0.2) is 103 Å². The van der Waals surface area contributed by atoms with Gasteiger partial charge in [0.15, 0.2) is 0 Å². The number of hydrogen-bond donors (Lipinski definition) is 1. The predicted octanol–water partition coefficient (Wildman–Crippen LogP) is 6.72. The normalized spacial score (nSPS) is 11.9. The third kappa shape index (κ3) is 3.88. The number of para-hydroxylation sites is 2. The van der Waals surface area contributed by atoms with E-state index < -0.39 is 5.97 Å². The van der Waals surface area contributed by atoms with E-state index in [0.29, 0.717) is 0 Å². The molecule has 1 aliphatic rings. The fourth-order valence-corrected chi connectivity index (χ4v) is 4.36. The van der Waals surface area contributed by atoms with Crippen LogP contribution in [0.4, 0.5) is 17.1 Å². The Morgan fingerprint density at radius 3 is 1.94 bits per heavy atom. The molecule has 4 nitrogen and oxygen atoms in total. The number of carboxylic acid groups (broad SMARTS) is 1. The van der Waals surface area contributed by atoms with Gasteiger partial charge in [0.2, 0.25) is 0 Å². The molecule has 0 spiro atoms. The van der Waals surface area contributed by atoms with Crippen molar-refractivity contribution in [1.82, 2.24) is 0 Å². The van der Waals surface area contributed by atoms with Gasteiger partial charge in [-0.3, -0.25) is 0 Å². The molecule has 4 heteroatoms. The van der Waals surface area contributed by atoms with Crippen LogP contribution < -0.4 is 4.90 Å². The van der Waals surface area contributed by atoms with Gasteiger partial charge >= 0.3 is 5.97 Å². The number of benzene rings is 4. The molecule has 0 fully saturated rings. The average Bonchev–Trinajstić information content (AvgIpc) is 3.21. The topological polar surface area (TPSA) is 64.3 Å². The summed E-state index contributed by atoms with van der Waals surface area (Å²) in [6, 6.07) is 34.7. The second-order valence-corrected chi connectivity index (χ2v) is 7.92. The highest BCUT2D eigenvalue weighted by molar-refractivity contribution is 5.96. The molecule has 0 aliphatic heterocycles. The molecule has 1 aliphatic carbocycles. The summed E-state index contributed by atoms with van der Waals surface area (Å²) in [5, 5.41) is 18.2. The molecule has 4 aromatic carbocycles. The maximum absolute atomic E-state index is 11.2. The largest absolute Gasteiger partial charge is 0.477 e. The summed E-state index contributed by atoms with van der Waals surface area (Å²) in [6.45, 7) is 0. The van der Waals surface area contributed by atoms with E-state index in [1.807, 2.05) is 54.6 Å². The average molecular weight is 428 g/mol. The molecule has 0 saturated heterocycles. The number of fused-ring (bicyclic) bond motifs is 3. The van der Waals surface area contributed by atoms with Gasteiger partial charge in [0.1, 0.15) is 11.6 Å². The Labute approximate surface area is 192 Å². The molecule has 0 aromatic heterocycles. The molecular weight excluding hydrogens is 408 g/mol. The standard InChI is InChI=1S/C29H20N2O2/c30-19-23(29(32)33)16-20-11-13-27-21(15-20)17-22-18-26(12-14-28(22)27)31(24-7-3-1-4-8-24)25-9-5-2-6-10-25/h1-16,18H,17H2,(H,32,33)/b23-16-. The monoisotopic (exact) mass is 428 g/mol. The summed E-state index contributed by atoms with van der Waals surface area (Å²) in [5.41, 5.74) is 8.39. The fraction of sp³-hybridized carbons (Fsp3) is 0.0345. The van der Waals surface area contributed by atoms with Crippen molar-refractivity contribution in [3.63, 3.8) is 0 Å². The summed E-state index contributed by atoms with van der Waals surface area (Å²) >= 11 is 0. The van der Waals surface area contributed by atoms with Crippen LogP contribution in [0.25, 0.3) is 17.2 Å². The van der Waals surface area contributed by atoms with E-state index in [1.54, 1.807) is 6.07 Å². The van der Waals surface area contributed by atoms with E-state index in [4.69, 9.17) is 10.4 Å². The minimum atomic E-state index is -1.21. The summed E-state index contributed by atoms with van der Waals surface area (Å²) < 4.78 is 0. The summed E-state index contributed by atoms with van der Waals surface area (Å²) in [4.78, 5) is 13.4. The second kappa shape index (κ2) is 8.49. The molecular formula is C29H20N2O2. The fourth-order valence-electron chi connectivity index (χ4n) is 4.36. The highest BCUT2D eigenvalue weighted by atomic mass is 16.4. The number of rotatable bonds is 5. The van der Waals surface area contributed by atoms with Gasteiger partial charge in [0.25, 0.3) is 0 Å². The van der Waals surface area contributed by atoms with Gasteiger partial charge in [-0.2, -0.15) is 5.26 Å². The van der Waals surface area contributed by atoms with E-state index in [0.717, 1.165) is 40.2 Å². The van der Waals surface area contributed by atoms with Gasteiger partial charge in [-0.15, -0.1) is 0 Å². The van der Waals surface area contributed by atoms with Crippen LogP contribution in [0.2, 0.25) is 0 Å². The Balaban J connectivity index is 1.54. The van der Waals surface area contributed by atoms with E-state index in [1.165, 1.54) is 17.2 Å². The summed E-state index contributed by atoms with van der Waals surface area (Å²) in [7, 11) is 0. The number of hydrogen-bond acceptors (Lipinski definition) is 3. The van der Waals surface area contributed by atoms with Crippen molar-refractivity contribution in [3.05, 3.63) is 119 Å². The lowest BCUT2D eigenvalue weighted by Crippen LogP contribution is -2.09. The van der Waals surface area contributed by atoms with Crippen LogP contribution in [0.3, 0.4) is 0 Å². The smallest absolute Gasteiger partial charge is 0.346 e. The third-order valence-corrected chi connectivity index (χ3v) is 5.84. The van der Waals surface area contributed by atoms with Gasteiger partial charge in [0.05, 0.1) is 0 Å². The van der Waals surface area contributed by atoms with Crippen LogP contribution >= 0.6 is 0 Å². The Morgan fingerprint density at radius 1 is 0.788 bits per heavy atom. The van der Waals surface area contributed by atoms with E-state index in [-0.39, 0.29) is 5.57 Å². The van der Waals surface area contributed by atoms with Gasteiger partial charge in [-0.25, -0.2) is 4.79 Å². The van der Waals surface area contributed by atoms with Gasteiger partial charge in [0, 0.05) is 17.1 Å². The van der Waals surface area contributed by atoms with Crippen molar-refractivity contribution in [2.75, 3.05) is 4.90 Å². The molecule has 0 unspecified atom stereocenters. The molecule has 0 bridgehead atoms. The molecule has 33 heavy (non-hydrogen) atoms. The molecule has 158 valence electrons. The van der Waals surface area contributed by atoms with Crippen LogP contribution in [0, 0.1) is 11.3 Å². The van der Waals surface area contributed by atoms with Crippen LogP contribution in [-0.2, 0) is 11.2 Å². The molecule has 5 rings (SSSR count). The lowest BCUT2D eigenvalue weighted by atomic mass is 10.0. The van der Waals surface area contributed by atoms with Crippen molar-refractivity contribution in [1.29, 1.82) is 5.26 Å². The van der Waals surface area contributed by atoms with Crippen LogP contribution in [-0.4, -0.2) is 11.1 Å². The first-order valence-corrected chi connectivity index (χ1v) is 10.7. The van der Waals surface area contributed by atoms with Gasteiger partial charge in [-0.1, -0.05) is 60.7 Å². The SMILES string of the molecule is N#C/C(=C/c1ccc2c(c1)Cc1cc(N(c3ccccc3)c3ccccc3)ccc1-2)C(=O)O. The number of nitriles is 1. The minimum absolute atomic E-state index is 0.269. The number of nitrogens with zero attached hydrogens (tertiary/aromatic N) is 2. The Hall–Kier alpha value is -4.62. The first-order chi connectivity index (χ1) is 16.1. The third-order valence-electron chi connectivity index (χ3n) is 5.84. The van der Waals surface area contributed by atoms with Crippen molar-refractivity contribution in [3.8, 4) is 17.2 Å². The maximum Gasteiger partial charge on any atom is 0.346 e. The molecule has 0 amide bonds. The summed E-state index contributed by atoms with van der Waals surface area (Å²) in [5.74, 6) is -1.21. The zero-order chi connectivity index (χ0) is 22.8. The number of anilines is 3. The maximum atomic E-state index is 11.2. The number of aliphatic carboxylic acids is 1. The van der Waals surface area contributed by atoms with E-state index in [9.17, 15) is 4.79 Å². The molecule has 1 N–H and O–H groups in total. The Kier molecular flexibility index (Phi) is 5.22. The van der Waals surface area contributed by atoms with Gasteiger partial charge < -0.3 is 10.0 Å². The minimum Gasteiger partial charge on any atom is -0.477 e. The molecule has 4 aromatic rings. The van der Waals surface area contributed by atoms with Crippen LogP contribution in [0.5, 0.6) is 0 Å². The molecule has 0 radical (unpaired) electrons.